The molecule has 238 valence electrons. The lowest BCUT2D eigenvalue weighted by molar-refractivity contribution is -0.138. The average Bonchev–Trinajstić information content (AvgIpc) is 3.09. The molecule has 1 aliphatic carbocycles. The first-order valence-electron chi connectivity index (χ1n) is 16.2. The monoisotopic (exact) mass is 618 g/mol. The van der Waals surface area contributed by atoms with Gasteiger partial charge in [-0.2, -0.15) is 0 Å². The predicted molar refractivity (Wildman–Crippen MR) is 180 cm³/mol. The Morgan fingerprint density at radius 3 is 2.11 bits per heavy atom. The molecule has 4 aromatic rings. The summed E-state index contributed by atoms with van der Waals surface area (Å²) in [5.74, 6) is -0.353. The van der Waals surface area contributed by atoms with E-state index in [1.807, 2.05) is 48.5 Å². The Kier molecular flexibility index (Phi) is 11.2. The van der Waals surface area contributed by atoms with Crippen molar-refractivity contribution in [2.75, 3.05) is 18.5 Å². The second-order valence-corrected chi connectivity index (χ2v) is 12.1. The van der Waals surface area contributed by atoms with Crippen molar-refractivity contribution in [3.8, 4) is 5.75 Å². The minimum absolute atomic E-state index is 0.147. The Balaban J connectivity index is 1.10. The van der Waals surface area contributed by atoms with E-state index in [0.717, 1.165) is 37.7 Å². The SMILES string of the molecule is O=C(c1ccccc1)c1ccccc1N[C@@H](Cc1ccc(OCCCNC(=O)C2(Cc3ccccc3)CCCCC2)cc1)C(=O)O. The molecule has 1 saturated carbocycles. The lowest BCUT2D eigenvalue weighted by atomic mass is 9.69. The maximum absolute atomic E-state index is 13.3. The van der Waals surface area contributed by atoms with E-state index in [9.17, 15) is 19.5 Å². The fourth-order valence-electron chi connectivity index (χ4n) is 6.25. The summed E-state index contributed by atoms with van der Waals surface area (Å²) in [5, 5.41) is 16.2. The van der Waals surface area contributed by atoms with E-state index in [2.05, 4.69) is 22.8 Å². The standard InChI is InChI=1S/C39H42N2O5/c42-36(31-15-6-2-7-16-31)33-17-8-9-18-34(33)41-35(37(43)44)27-29-19-21-32(22-20-29)46-26-12-25-40-38(45)39(23-10-3-11-24-39)28-30-13-4-1-5-14-30/h1-2,4-9,13-22,35,41H,3,10-12,23-28H2,(H,40,45)(H,43,44)/t35-/m0/s1. The van der Waals surface area contributed by atoms with Crippen LogP contribution in [0.3, 0.4) is 0 Å². The lowest BCUT2D eigenvalue weighted by Crippen LogP contribution is -2.44. The van der Waals surface area contributed by atoms with Gasteiger partial charge in [-0.1, -0.05) is 104 Å². The van der Waals surface area contributed by atoms with Crippen LogP contribution < -0.4 is 15.4 Å². The van der Waals surface area contributed by atoms with Gasteiger partial charge in [-0.15, -0.1) is 0 Å². The van der Waals surface area contributed by atoms with Crippen molar-refractivity contribution in [2.45, 2.75) is 57.4 Å². The molecule has 1 atom stereocenters. The molecule has 0 heterocycles. The molecule has 1 amide bonds. The van der Waals surface area contributed by atoms with E-state index in [1.54, 1.807) is 48.5 Å². The van der Waals surface area contributed by atoms with Gasteiger partial charge in [-0.3, -0.25) is 9.59 Å². The number of amides is 1. The Morgan fingerprint density at radius 2 is 1.41 bits per heavy atom. The summed E-state index contributed by atoms with van der Waals surface area (Å²) in [6.07, 6.45) is 6.89. The molecule has 4 aromatic carbocycles. The van der Waals surface area contributed by atoms with Gasteiger partial charge in [0.25, 0.3) is 0 Å². The molecule has 7 heteroatoms. The number of hydrogen-bond donors (Lipinski definition) is 3. The van der Waals surface area contributed by atoms with E-state index < -0.39 is 12.0 Å². The van der Waals surface area contributed by atoms with Crippen LogP contribution in [0.5, 0.6) is 5.75 Å². The number of carbonyl (C=O) groups excluding carboxylic acids is 2. The zero-order valence-electron chi connectivity index (χ0n) is 26.1. The molecule has 0 saturated heterocycles. The van der Waals surface area contributed by atoms with Crippen LogP contribution in [-0.4, -0.2) is 42.0 Å². The first-order valence-corrected chi connectivity index (χ1v) is 16.2. The van der Waals surface area contributed by atoms with Gasteiger partial charge in [-0.25, -0.2) is 4.79 Å². The van der Waals surface area contributed by atoms with Gasteiger partial charge in [0.15, 0.2) is 5.78 Å². The molecular weight excluding hydrogens is 576 g/mol. The van der Waals surface area contributed by atoms with Crippen molar-refractivity contribution in [3.63, 3.8) is 0 Å². The molecule has 0 unspecified atom stereocenters. The van der Waals surface area contributed by atoms with E-state index in [-0.39, 0.29) is 23.5 Å². The zero-order chi connectivity index (χ0) is 32.2. The molecule has 1 aliphatic rings. The normalized spacial score (nSPS) is 14.5. The number of ether oxygens (including phenoxy) is 1. The minimum atomic E-state index is -1.01. The number of aliphatic carboxylic acids is 1. The molecule has 0 radical (unpaired) electrons. The highest BCUT2D eigenvalue weighted by Gasteiger charge is 2.39. The summed E-state index contributed by atoms with van der Waals surface area (Å²) >= 11 is 0. The Labute approximate surface area is 271 Å². The third kappa shape index (κ3) is 8.62. The van der Waals surface area contributed by atoms with Crippen LogP contribution in [-0.2, 0) is 22.4 Å². The van der Waals surface area contributed by atoms with Crippen molar-refractivity contribution in [1.82, 2.24) is 5.32 Å². The molecule has 0 aromatic heterocycles. The Morgan fingerprint density at radius 1 is 0.761 bits per heavy atom. The number of anilines is 1. The number of rotatable bonds is 15. The third-order valence-electron chi connectivity index (χ3n) is 8.75. The third-order valence-corrected chi connectivity index (χ3v) is 8.75. The van der Waals surface area contributed by atoms with Gasteiger partial charge >= 0.3 is 5.97 Å². The maximum Gasteiger partial charge on any atom is 0.326 e. The van der Waals surface area contributed by atoms with E-state index in [0.29, 0.717) is 42.1 Å². The van der Waals surface area contributed by atoms with E-state index >= 15 is 0 Å². The molecule has 7 nitrogen and oxygen atoms in total. The second-order valence-electron chi connectivity index (χ2n) is 12.1. The van der Waals surface area contributed by atoms with Crippen LogP contribution in [0.1, 0.15) is 65.6 Å². The summed E-state index contributed by atoms with van der Waals surface area (Å²) in [6.45, 7) is 1.00. The van der Waals surface area contributed by atoms with Gasteiger partial charge in [0.1, 0.15) is 11.8 Å². The fourth-order valence-corrected chi connectivity index (χ4v) is 6.25. The summed E-state index contributed by atoms with van der Waals surface area (Å²) in [6, 6.07) is 32.6. The van der Waals surface area contributed by atoms with Crippen molar-refractivity contribution in [2.24, 2.45) is 5.41 Å². The summed E-state index contributed by atoms with van der Waals surface area (Å²) in [7, 11) is 0. The van der Waals surface area contributed by atoms with Gasteiger partial charge in [0, 0.05) is 29.8 Å². The lowest BCUT2D eigenvalue weighted by Gasteiger charge is -2.36. The maximum atomic E-state index is 13.3. The van der Waals surface area contributed by atoms with Crippen molar-refractivity contribution in [1.29, 1.82) is 0 Å². The Hall–Kier alpha value is -4.91. The van der Waals surface area contributed by atoms with Crippen LogP contribution in [0.15, 0.2) is 109 Å². The molecule has 5 rings (SSSR count). The summed E-state index contributed by atoms with van der Waals surface area (Å²) in [5.41, 5.74) is 3.13. The first-order chi connectivity index (χ1) is 22.4. The van der Waals surface area contributed by atoms with Crippen LogP contribution in [0, 0.1) is 5.41 Å². The van der Waals surface area contributed by atoms with E-state index in [4.69, 9.17) is 4.74 Å². The number of hydrogen-bond acceptors (Lipinski definition) is 5. The number of benzene rings is 4. The molecule has 0 aliphatic heterocycles. The summed E-state index contributed by atoms with van der Waals surface area (Å²) in [4.78, 5) is 38.6. The van der Waals surface area contributed by atoms with Crippen LogP contribution in [0.25, 0.3) is 0 Å². The second kappa shape index (κ2) is 15.9. The van der Waals surface area contributed by atoms with Crippen molar-refractivity contribution in [3.05, 3.63) is 131 Å². The number of carboxylic acid groups (broad SMARTS) is 1. The number of nitrogens with one attached hydrogen (secondary N) is 2. The average molecular weight is 619 g/mol. The largest absolute Gasteiger partial charge is 0.494 e. The number of carboxylic acids is 1. The minimum Gasteiger partial charge on any atom is -0.494 e. The number of carbonyl (C=O) groups is 3. The van der Waals surface area contributed by atoms with Crippen LogP contribution in [0.4, 0.5) is 5.69 Å². The fraction of sp³-hybridized carbons (Fsp3) is 0.308. The molecule has 0 bridgehead atoms. The zero-order valence-corrected chi connectivity index (χ0v) is 26.1. The highest BCUT2D eigenvalue weighted by atomic mass is 16.5. The van der Waals surface area contributed by atoms with Crippen molar-refractivity contribution < 1.29 is 24.2 Å². The van der Waals surface area contributed by atoms with Crippen LogP contribution in [0.2, 0.25) is 0 Å². The van der Waals surface area contributed by atoms with E-state index in [1.165, 1.54) is 12.0 Å². The molecule has 1 fully saturated rings. The van der Waals surface area contributed by atoms with Crippen molar-refractivity contribution >= 4 is 23.3 Å². The molecule has 0 spiro atoms. The number of para-hydroxylation sites is 1. The molecule has 46 heavy (non-hydrogen) atoms. The predicted octanol–water partition coefficient (Wildman–Crippen LogP) is 7.10. The molecular formula is C39H42N2O5. The highest BCUT2D eigenvalue weighted by molar-refractivity contribution is 6.12. The van der Waals surface area contributed by atoms with Crippen LogP contribution >= 0.6 is 0 Å². The topological polar surface area (TPSA) is 105 Å². The van der Waals surface area contributed by atoms with Gasteiger partial charge in [0.05, 0.1) is 12.0 Å². The highest BCUT2D eigenvalue weighted by Crippen LogP contribution is 2.39. The van der Waals surface area contributed by atoms with Gasteiger partial charge in [0.2, 0.25) is 5.91 Å². The van der Waals surface area contributed by atoms with Gasteiger partial charge in [-0.05, 0) is 61.1 Å². The molecule has 3 N–H and O–H groups in total. The first kappa shape index (κ1) is 32.5. The Bertz CT molecular complexity index is 1580. The quantitative estimate of drug-likeness (QED) is 0.0970. The summed E-state index contributed by atoms with van der Waals surface area (Å²) < 4.78 is 5.92. The smallest absolute Gasteiger partial charge is 0.326 e. The van der Waals surface area contributed by atoms with Gasteiger partial charge < -0.3 is 20.5 Å². The number of ketones is 1.